The minimum Gasteiger partial charge on any atom is -0.488 e. The van der Waals surface area contributed by atoms with Gasteiger partial charge in [-0.25, -0.2) is 0 Å². The molecule has 0 spiro atoms. The molecule has 156 valence electrons. The van der Waals surface area contributed by atoms with Gasteiger partial charge in [0, 0.05) is 24.5 Å². The van der Waals surface area contributed by atoms with Crippen molar-refractivity contribution in [1.29, 1.82) is 0 Å². The van der Waals surface area contributed by atoms with Crippen molar-refractivity contribution in [3.05, 3.63) is 71.1 Å². The number of para-hydroxylation sites is 1. The van der Waals surface area contributed by atoms with Crippen LogP contribution in [0.4, 0.5) is 11.4 Å². The summed E-state index contributed by atoms with van der Waals surface area (Å²) >= 11 is 0. The largest absolute Gasteiger partial charge is 0.488 e. The van der Waals surface area contributed by atoms with E-state index in [1.807, 2.05) is 50.2 Å². The Labute approximate surface area is 175 Å². The van der Waals surface area contributed by atoms with Gasteiger partial charge in [-0.2, -0.15) is 0 Å². The van der Waals surface area contributed by atoms with Crippen LogP contribution < -0.4 is 15.0 Å². The van der Waals surface area contributed by atoms with Gasteiger partial charge in [0.2, 0.25) is 0 Å². The number of rotatable bonds is 6. The number of morpholine rings is 1. The summed E-state index contributed by atoms with van der Waals surface area (Å²) in [6.45, 7) is 7.24. The fourth-order valence-corrected chi connectivity index (χ4v) is 3.41. The standard InChI is InChI=1S/C23H25N3O4/c1-16-21(17(2)30-25-16)15-29-22-6-4-3-5-20(22)23(27)24-18-7-9-19(10-8-18)26-11-13-28-14-12-26/h3-10H,11-15H2,1-2H3,(H,24,27). The summed E-state index contributed by atoms with van der Waals surface area (Å²) in [5.74, 6) is 1.01. The van der Waals surface area contributed by atoms with Crippen LogP contribution >= 0.6 is 0 Å². The molecule has 1 fully saturated rings. The summed E-state index contributed by atoms with van der Waals surface area (Å²) < 4.78 is 16.5. The molecule has 1 saturated heterocycles. The summed E-state index contributed by atoms with van der Waals surface area (Å²) in [6, 6.07) is 15.1. The molecule has 2 heterocycles. The third kappa shape index (κ3) is 4.46. The Kier molecular flexibility index (Phi) is 5.99. The lowest BCUT2D eigenvalue weighted by Gasteiger charge is -2.28. The SMILES string of the molecule is Cc1noc(C)c1COc1ccccc1C(=O)Nc1ccc(N2CCOCC2)cc1. The molecule has 1 N–H and O–H groups in total. The zero-order chi connectivity index (χ0) is 20.9. The quantitative estimate of drug-likeness (QED) is 0.667. The summed E-state index contributed by atoms with van der Waals surface area (Å²) in [7, 11) is 0. The number of nitrogens with zero attached hydrogens (tertiary/aromatic N) is 2. The molecule has 30 heavy (non-hydrogen) atoms. The number of hydrogen-bond donors (Lipinski definition) is 1. The van der Waals surface area contributed by atoms with Crippen molar-refractivity contribution >= 4 is 17.3 Å². The maximum absolute atomic E-state index is 12.9. The van der Waals surface area contributed by atoms with Crippen LogP contribution in [0.15, 0.2) is 53.1 Å². The third-order valence-electron chi connectivity index (χ3n) is 5.19. The highest BCUT2D eigenvalue weighted by molar-refractivity contribution is 6.06. The van der Waals surface area contributed by atoms with Gasteiger partial charge in [0.05, 0.1) is 30.0 Å². The second kappa shape index (κ2) is 9.00. The van der Waals surface area contributed by atoms with Crippen molar-refractivity contribution < 1.29 is 18.8 Å². The van der Waals surface area contributed by atoms with Crippen molar-refractivity contribution in [1.82, 2.24) is 5.16 Å². The number of aryl methyl sites for hydroxylation is 2. The molecule has 0 radical (unpaired) electrons. The van der Waals surface area contributed by atoms with Crippen molar-refractivity contribution in [3.8, 4) is 5.75 Å². The molecule has 1 aliphatic heterocycles. The van der Waals surface area contributed by atoms with Crippen molar-refractivity contribution in [2.75, 3.05) is 36.5 Å². The van der Waals surface area contributed by atoms with Crippen LogP contribution in [0.5, 0.6) is 5.75 Å². The molecule has 0 saturated carbocycles. The minimum absolute atomic E-state index is 0.219. The van der Waals surface area contributed by atoms with E-state index in [-0.39, 0.29) is 5.91 Å². The van der Waals surface area contributed by atoms with Gasteiger partial charge in [0.15, 0.2) is 0 Å². The van der Waals surface area contributed by atoms with Gasteiger partial charge in [-0.3, -0.25) is 4.79 Å². The monoisotopic (exact) mass is 407 g/mol. The van der Waals surface area contributed by atoms with E-state index in [4.69, 9.17) is 14.0 Å². The second-order valence-electron chi connectivity index (χ2n) is 7.19. The Morgan fingerprint density at radius 1 is 1.10 bits per heavy atom. The highest BCUT2D eigenvalue weighted by Gasteiger charge is 2.16. The average molecular weight is 407 g/mol. The molecule has 7 nitrogen and oxygen atoms in total. The van der Waals surface area contributed by atoms with Crippen LogP contribution in [0.2, 0.25) is 0 Å². The number of amides is 1. The average Bonchev–Trinajstić information content (AvgIpc) is 3.11. The predicted molar refractivity (Wildman–Crippen MR) is 114 cm³/mol. The van der Waals surface area contributed by atoms with Crippen LogP contribution in [-0.2, 0) is 11.3 Å². The highest BCUT2D eigenvalue weighted by Crippen LogP contribution is 2.24. The number of nitrogens with one attached hydrogen (secondary N) is 1. The topological polar surface area (TPSA) is 76.8 Å². The maximum Gasteiger partial charge on any atom is 0.259 e. The fourth-order valence-electron chi connectivity index (χ4n) is 3.41. The van der Waals surface area contributed by atoms with Gasteiger partial charge in [0.25, 0.3) is 5.91 Å². The Morgan fingerprint density at radius 3 is 2.53 bits per heavy atom. The Bertz CT molecular complexity index is 988. The number of aromatic nitrogens is 1. The zero-order valence-electron chi connectivity index (χ0n) is 17.2. The molecule has 2 aromatic carbocycles. The minimum atomic E-state index is -0.219. The van der Waals surface area contributed by atoms with Gasteiger partial charge in [0.1, 0.15) is 18.1 Å². The van der Waals surface area contributed by atoms with E-state index in [0.717, 1.165) is 54.7 Å². The number of benzene rings is 2. The molecule has 0 atom stereocenters. The molecule has 0 aliphatic carbocycles. The van der Waals surface area contributed by atoms with Crippen molar-refractivity contribution in [2.45, 2.75) is 20.5 Å². The van der Waals surface area contributed by atoms with Crippen LogP contribution in [0.1, 0.15) is 27.4 Å². The first-order chi connectivity index (χ1) is 14.6. The normalized spacial score (nSPS) is 13.9. The Balaban J connectivity index is 1.43. The van der Waals surface area contributed by atoms with E-state index >= 15 is 0 Å². The number of hydrogen-bond acceptors (Lipinski definition) is 6. The fraction of sp³-hybridized carbons (Fsp3) is 0.304. The smallest absolute Gasteiger partial charge is 0.259 e. The van der Waals surface area contributed by atoms with Crippen LogP contribution in [0.3, 0.4) is 0 Å². The second-order valence-corrected chi connectivity index (χ2v) is 7.19. The summed E-state index contributed by atoms with van der Waals surface area (Å²) in [4.78, 5) is 15.1. The molecule has 0 bridgehead atoms. The predicted octanol–water partition coefficient (Wildman–Crippen LogP) is 3.96. The molecular weight excluding hydrogens is 382 g/mol. The lowest BCUT2D eigenvalue weighted by molar-refractivity contribution is 0.102. The van der Waals surface area contributed by atoms with Gasteiger partial charge in [-0.15, -0.1) is 0 Å². The third-order valence-corrected chi connectivity index (χ3v) is 5.19. The molecule has 1 aromatic heterocycles. The summed E-state index contributed by atoms with van der Waals surface area (Å²) in [5, 5.41) is 6.89. The molecular formula is C23H25N3O4. The highest BCUT2D eigenvalue weighted by atomic mass is 16.5. The Hall–Kier alpha value is -3.32. The van der Waals surface area contributed by atoms with Gasteiger partial charge >= 0.3 is 0 Å². The first kappa shape index (κ1) is 20.0. The van der Waals surface area contributed by atoms with E-state index in [9.17, 15) is 4.79 Å². The van der Waals surface area contributed by atoms with Gasteiger partial charge < -0.3 is 24.2 Å². The van der Waals surface area contributed by atoms with E-state index in [0.29, 0.717) is 17.9 Å². The van der Waals surface area contributed by atoms with Crippen LogP contribution in [0.25, 0.3) is 0 Å². The maximum atomic E-state index is 12.9. The lowest BCUT2D eigenvalue weighted by Crippen LogP contribution is -2.36. The van der Waals surface area contributed by atoms with Gasteiger partial charge in [-0.1, -0.05) is 17.3 Å². The summed E-state index contributed by atoms with van der Waals surface area (Å²) in [5.41, 5.74) is 4.01. The number of anilines is 2. The van der Waals surface area contributed by atoms with Crippen LogP contribution in [-0.4, -0.2) is 37.4 Å². The van der Waals surface area contributed by atoms with E-state index in [1.165, 1.54) is 0 Å². The Morgan fingerprint density at radius 2 is 1.83 bits per heavy atom. The molecule has 1 aliphatic rings. The lowest BCUT2D eigenvalue weighted by atomic mass is 10.1. The van der Waals surface area contributed by atoms with Crippen LogP contribution in [0, 0.1) is 13.8 Å². The summed E-state index contributed by atoms with van der Waals surface area (Å²) in [6.07, 6.45) is 0. The molecule has 7 heteroatoms. The molecule has 3 aromatic rings. The zero-order valence-corrected chi connectivity index (χ0v) is 17.2. The van der Waals surface area contributed by atoms with Crippen molar-refractivity contribution in [3.63, 3.8) is 0 Å². The molecule has 0 unspecified atom stereocenters. The van der Waals surface area contributed by atoms with E-state index in [1.54, 1.807) is 12.1 Å². The number of ether oxygens (including phenoxy) is 2. The first-order valence-electron chi connectivity index (χ1n) is 9.99. The number of carbonyl (C=O) groups is 1. The van der Waals surface area contributed by atoms with Crippen molar-refractivity contribution in [2.24, 2.45) is 0 Å². The van der Waals surface area contributed by atoms with E-state index < -0.39 is 0 Å². The first-order valence-corrected chi connectivity index (χ1v) is 9.99. The molecule has 4 rings (SSSR count). The van der Waals surface area contributed by atoms with E-state index in [2.05, 4.69) is 15.4 Å². The molecule has 1 amide bonds. The van der Waals surface area contributed by atoms with Gasteiger partial charge in [-0.05, 0) is 50.2 Å². The number of carbonyl (C=O) groups excluding carboxylic acids is 1.